The lowest BCUT2D eigenvalue weighted by Crippen LogP contribution is -2.60. The van der Waals surface area contributed by atoms with Crippen molar-refractivity contribution in [2.24, 2.45) is 0 Å². The van der Waals surface area contributed by atoms with Gasteiger partial charge >= 0.3 is 11.9 Å². The molecule has 1 aliphatic rings. The number of piperidine rings is 1. The van der Waals surface area contributed by atoms with Crippen molar-refractivity contribution in [1.29, 1.82) is 0 Å². The number of hydroxylamine groups is 2. The van der Waals surface area contributed by atoms with Gasteiger partial charge in [-0.1, -0.05) is 12.1 Å². The Balaban J connectivity index is 1.33. The smallest absolute Gasteiger partial charge is 0.338 e. The van der Waals surface area contributed by atoms with Crippen LogP contribution in [0.25, 0.3) is 11.1 Å². The van der Waals surface area contributed by atoms with Gasteiger partial charge in [0, 0.05) is 53.7 Å². The molecule has 1 fully saturated rings. The van der Waals surface area contributed by atoms with Crippen LogP contribution in [0.2, 0.25) is 0 Å². The predicted octanol–water partition coefficient (Wildman–Crippen LogP) is 4.63. The van der Waals surface area contributed by atoms with Crippen LogP contribution in [0.15, 0.2) is 73.3 Å². The summed E-state index contributed by atoms with van der Waals surface area (Å²) in [6.45, 7) is 8.97. The molecule has 0 aliphatic carbocycles. The van der Waals surface area contributed by atoms with Gasteiger partial charge in [-0.2, -0.15) is 5.06 Å². The number of carbonyl (C=O) groups is 2. The van der Waals surface area contributed by atoms with E-state index in [1.807, 2.05) is 81.3 Å². The summed E-state index contributed by atoms with van der Waals surface area (Å²) in [4.78, 5) is 24.0. The molecule has 3 heterocycles. The van der Waals surface area contributed by atoms with E-state index in [4.69, 9.17) is 16.6 Å². The van der Waals surface area contributed by atoms with Crippen molar-refractivity contribution in [3.63, 3.8) is 0 Å². The minimum Gasteiger partial charge on any atom is -0.459 e. The first-order chi connectivity index (χ1) is 18.5. The number of ether oxygens (including phenoxy) is 1. The average Bonchev–Trinajstić information content (AvgIpc) is 2.91. The third-order valence-corrected chi connectivity index (χ3v) is 7.38. The highest BCUT2D eigenvalue weighted by molar-refractivity contribution is 6.13. The number of carbonyl (C=O) groups excluding carboxylic acids is 2. The highest BCUT2D eigenvalue weighted by Crippen LogP contribution is 2.38. The van der Waals surface area contributed by atoms with Gasteiger partial charge in [-0.3, -0.25) is 4.79 Å². The third-order valence-electron chi connectivity index (χ3n) is 7.21. The first-order valence-corrected chi connectivity index (χ1v) is 13.4. The van der Waals surface area contributed by atoms with E-state index in [-0.39, 0.29) is 18.5 Å². The lowest BCUT2D eigenvalue weighted by Gasteiger charge is -2.50. The van der Waals surface area contributed by atoms with Crippen molar-refractivity contribution in [2.75, 3.05) is 0 Å². The second-order valence-corrected chi connectivity index (χ2v) is 11.5. The molecule has 2 aromatic heterocycles. The van der Waals surface area contributed by atoms with Gasteiger partial charge in [-0.15, -0.1) is 0 Å². The highest BCUT2D eigenvalue weighted by Gasteiger charge is 2.46. The number of pyridine rings is 2. The van der Waals surface area contributed by atoms with Crippen LogP contribution in [-0.2, 0) is 26.9 Å². The normalized spacial score (nSPS) is 17.0. The van der Waals surface area contributed by atoms with Crippen molar-refractivity contribution < 1.29 is 33.0 Å². The summed E-state index contributed by atoms with van der Waals surface area (Å²) in [6, 6.07) is 15.6. The Morgan fingerprint density at radius 3 is 1.92 bits per heavy atom. The van der Waals surface area contributed by atoms with Gasteiger partial charge in [-0.05, 0) is 51.0 Å². The largest absolute Gasteiger partial charge is 0.459 e. The van der Waals surface area contributed by atoms with Crippen LogP contribution in [0.3, 0.4) is 0 Å². The average molecular weight is 554 g/mol. The van der Waals surface area contributed by atoms with E-state index in [1.54, 1.807) is 12.1 Å². The zero-order valence-electron chi connectivity index (χ0n) is 22.8. The Morgan fingerprint density at radius 2 is 1.41 bits per heavy atom. The van der Waals surface area contributed by atoms with Crippen molar-refractivity contribution in [3.8, 4) is 11.1 Å². The molecule has 3 aromatic rings. The zero-order chi connectivity index (χ0) is 28.2. The van der Waals surface area contributed by atoms with Crippen LogP contribution in [-0.4, -0.2) is 39.4 Å². The molecule has 1 aliphatic heterocycles. The number of hydrogen-bond donors (Lipinski definition) is 1. The fourth-order valence-corrected chi connectivity index (χ4v) is 5.33. The number of aryl methyl sites for hydroxylation is 1. The minimum atomic E-state index is -0.479. The summed E-state index contributed by atoms with van der Waals surface area (Å²) >= 11 is 5.07. The van der Waals surface area contributed by atoms with Crippen LogP contribution in [0.4, 0.5) is 0 Å². The summed E-state index contributed by atoms with van der Waals surface area (Å²) in [5.41, 5.74) is 2.77. The van der Waals surface area contributed by atoms with Gasteiger partial charge in [0.2, 0.25) is 0 Å². The molecule has 0 amide bonds. The summed E-state index contributed by atoms with van der Waals surface area (Å²) in [7, 11) is 0. The molecule has 1 aromatic carbocycles. The van der Waals surface area contributed by atoms with Gasteiger partial charge in [0.1, 0.15) is 24.4 Å². The lowest BCUT2D eigenvalue weighted by atomic mass is 9.80. The van der Waals surface area contributed by atoms with Gasteiger partial charge in [0.15, 0.2) is 37.9 Å². The van der Waals surface area contributed by atoms with E-state index < -0.39 is 17.0 Å². The van der Waals surface area contributed by atoms with Crippen LogP contribution in [0, 0.1) is 0 Å². The SMILES string of the molecule is CC1(C)CC(OC(=O)c2ccc(C[n+]3ccc(-c4cc[n+](CCC(=O)OCl)cc4)cc3)cc2)CC(C)(C)N1O. The summed E-state index contributed by atoms with van der Waals surface area (Å²) in [6.07, 6.45) is 8.96. The molecule has 39 heavy (non-hydrogen) atoms. The minimum absolute atomic E-state index is 0.210. The van der Waals surface area contributed by atoms with E-state index >= 15 is 0 Å². The number of halogens is 1. The molecule has 1 N–H and O–H groups in total. The van der Waals surface area contributed by atoms with E-state index in [2.05, 4.69) is 21.0 Å². The van der Waals surface area contributed by atoms with Gasteiger partial charge in [0.25, 0.3) is 0 Å². The van der Waals surface area contributed by atoms with Gasteiger partial charge in [-0.25, -0.2) is 13.9 Å². The third kappa shape index (κ3) is 7.20. The molecule has 0 radical (unpaired) electrons. The van der Waals surface area contributed by atoms with Crippen molar-refractivity contribution in [3.05, 3.63) is 84.4 Å². The van der Waals surface area contributed by atoms with E-state index in [0.29, 0.717) is 31.5 Å². The molecule has 0 atom stereocenters. The molecule has 206 valence electrons. The number of hydrogen-bond acceptors (Lipinski definition) is 6. The summed E-state index contributed by atoms with van der Waals surface area (Å²) < 4.78 is 14.0. The van der Waals surface area contributed by atoms with Crippen LogP contribution >= 0.6 is 11.9 Å². The molecular weight excluding hydrogens is 518 g/mol. The maximum Gasteiger partial charge on any atom is 0.338 e. The van der Waals surface area contributed by atoms with Crippen molar-refractivity contribution in [1.82, 2.24) is 5.06 Å². The maximum atomic E-state index is 12.8. The van der Waals surface area contributed by atoms with Gasteiger partial charge in [0.05, 0.1) is 5.56 Å². The first kappa shape index (κ1) is 28.7. The second-order valence-electron chi connectivity index (χ2n) is 11.4. The summed E-state index contributed by atoms with van der Waals surface area (Å²) in [5, 5.41) is 11.9. The molecular formula is C30H36ClN3O5+2. The first-order valence-electron chi connectivity index (χ1n) is 13.1. The Morgan fingerprint density at radius 1 is 0.897 bits per heavy atom. The molecule has 8 nitrogen and oxygen atoms in total. The number of rotatable bonds is 8. The second kappa shape index (κ2) is 11.8. The Labute approximate surface area is 234 Å². The Bertz CT molecular complexity index is 1270. The highest BCUT2D eigenvalue weighted by atomic mass is 35.5. The van der Waals surface area contributed by atoms with Crippen LogP contribution in [0.1, 0.15) is 62.9 Å². The summed E-state index contributed by atoms with van der Waals surface area (Å²) in [5.74, 6) is -0.798. The monoisotopic (exact) mass is 553 g/mol. The topological polar surface area (TPSA) is 83.8 Å². The Hall–Kier alpha value is -3.33. The molecule has 1 saturated heterocycles. The molecule has 0 bridgehead atoms. The molecule has 9 heteroatoms. The van der Waals surface area contributed by atoms with Crippen LogP contribution < -0.4 is 9.13 Å². The quantitative estimate of drug-likeness (QED) is 0.323. The molecule has 0 unspecified atom stereocenters. The van der Waals surface area contributed by atoms with Crippen molar-refractivity contribution in [2.45, 2.75) is 77.2 Å². The van der Waals surface area contributed by atoms with E-state index in [9.17, 15) is 14.8 Å². The standard InChI is InChI=1S/C30H36ClN3O5/c1-29(2)19-26(20-30(3,4)34(29)37)38-28(36)25-7-5-22(6-8-25)21-33-16-11-24(12-17-33)23-9-14-32(15-10-23)18-13-27(35)39-31/h5-12,14-17,26,37H,13,18-21H2,1-4H3/q+2. The number of benzene rings is 1. The lowest BCUT2D eigenvalue weighted by molar-refractivity contribution is -0.695. The fraction of sp³-hybridized carbons (Fsp3) is 0.400. The Kier molecular flexibility index (Phi) is 8.69. The molecule has 4 rings (SSSR count). The number of esters is 1. The molecule has 0 saturated carbocycles. The maximum absolute atomic E-state index is 12.8. The number of nitrogens with zero attached hydrogens (tertiary/aromatic N) is 3. The molecule has 0 spiro atoms. The number of aromatic nitrogens is 2. The van der Waals surface area contributed by atoms with Crippen molar-refractivity contribution >= 4 is 23.8 Å². The zero-order valence-corrected chi connectivity index (χ0v) is 23.6. The fourth-order valence-electron chi connectivity index (χ4n) is 5.25. The van der Waals surface area contributed by atoms with E-state index in [1.165, 1.54) is 5.06 Å². The van der Waals surface area contributed by atoms with Gasteiger partial charge < -0.3 is 14.2 Å². The van der Waals surface area contributed by atoms with E-state index in [0.717, 1.165) is 16.7 Å². The van der Waals surface area contributed by atoms with Crippen LogP contribution in [0.5, 0.6) is 0 Å². The predicted molar refractivity (Wildman–Crippen MR) is 145 cm³/mol.